The van der Waals surface area contributed by atoms with Crippen molar-refractivity contribution in [2.45, 2.75) is 88.9 Å². The molecule has 8 rings (SSSR count). The molecule has 0 radical (unpaired) electrons. The summed E-state index contributed by atoms with van der Waals surface area (Å²) >= 11 is 0. The van der Waals surface area contributed by atoms with E-state index < -0.39 is 94.1 Å². The van der Waals surface area contributed by atoms with Crippen molar-refractivity contribution >= 4 is 40.1 Å². The maximum absolute atomic E-state index is 17.5. The molecule has 6 N–H and O–H groups in total. The van der Waals surface area contributed by atoms with Gasteiger partial charge in [-0.3, -0.25) is 24.2 Å². The third-order valence-corrected chi connectivity index (χ3v) is 14.7. The van der Waals surface area contributed by atoms with Crippen LogP contribution in [-0.4, -0.2) is 80.6 Å². The number of nitrogens with one attached hydrogen (secondary N) is 1. The number of aromatic nitrogens is 1. The Balaban J connectivity index is 0.835. The van der Waals surface area contributed by atoms with Crippen LogP contribution in [0.25, 0.3) is 10.8 Å². The SMILES string of the molecule is C[C@@H]1C[C@H]2[C@@H]3CCC4=CC(O)C=C[C@]4(C)[C@@]3(F)[C@@H](O)C[C@]2(C)[C@@]1(O)C(=O)COC(=O)C1CC1C(=O)OCc1ccc([C@@H](CN)C(=O)Nc2ccc3cnccc3c2)cc1. The van der Waals surface area contributed by atoms with E-state index in [0.717, 1.165) is 16.3 Å². The molecule has 1 heterocycles. The summed E-state index contributed by atoms with van der Waals surface area (Å²) in [5.41, 5.74) is 2.35. The number of allylic oxidation sites excluding steroid dienone is 2. The van der Waals surface area contributed by atoms with Crippen molar-refractivity contribution in [2.24, 2.45) is 46.2 Å². The third kappa shape index (κ3) is 6.61. The second-order valence-corrected chi connectivity index (χ2v) is 17.8. The lowest BCUT2D eigenvalue weighted by atomic mass is 9.44. The van der Waals surface area contributed by atoms with Crippen LogP contribution in [0.3, 0.4) is 0 Å². The lowest BCUT2D eigenvalue weighted by Gasteiger charge is -2.62. The molecule has 12 atom stereocenters. The molecule has 4 saturated carbocycles. The Labute approximate surface area is 342 Å². The Morgan fingerprint density at radius 1 is 0.983 bits per heavy atom. The molecular weight excluding hydrogens is 758 g/mol. The van der Waals surface area contributed by atoms with Gasteiger partial charge in [-0.15, -0.1) is 0 Å². The lowest BCUT2D eigenvalue weighted by Crippen LogP contribution is -2.69. The van der Waals surface area contributed by atoms with E-state index in [2.05, 4.69) is 10.3 Å². The van der Waals surface area contributed by atoms with Crippen LogP contribution in [0.5, 0.6) is 0 Å². The predicted molar refractivity (Wildman–Crippen MR) is 215 cm³/mol. The minimum atomic E-state index is -2.07. The molecule has 0 aliphatic heterocycles. The number of hydrogen-bond acceptors (Lipinski definition) is 11. The Morgan fingerprint density at radius 3 is 2.44 bits per heavy atom. The number of pyridine rings is 1. The number of carbonyl (C=O) groups excluding carboxylic acids is 4. The van der Waals surface area contributed by atoms with Gasteiger partial charge in [0.05, 0.1) is 30.0 Å². The Morgan fingerprint density at radius 2 is 1.71 bits per heavy atom. The van der Waals surface area contributed by atoms with Crippen LogP contribution in [0, 0.1) is 40.4 Å². The summed E-state index contributed by atoms with van der Waals surface area (Å²) in [6.45, 7) is 4.52. The fraction of sp³-hybridized carbons (Fsp3) is 0.500. The molecule has 0 bridgehead atoms. The average Bonchev–Trinajstić information content (AvgIpc) is 4.00. The first-order valence-corrected chi connectivity index (χ1v) is 20.5. The number of nitrogens with two attached hydrogens (primary N) is 1. The summed E-state index contributed by atoms with van der Waals surface area (Å²) in [7, 11) is 0. The number of amides is 1. The van der Waals surface area contributed by atoms with Gasteiger partial charge in [0.15, 0.2) is 12.3 Å². The quantitative estimate of drug-likeness (QED) is 0.131. The summed E-state index contributed by atoms with van der Waals surface area (Å²) < 4.78 is 28.4. The zero-order chi connectivity index (χ0) is 42.1. The van der Waals surface area contributed by atoms with Crippen molar-refractivity contribution in [1.82, 2.24) is 4.98 Å². The van der Waals surface area contributed by atoms with Crippen molar-refractivity contribution in [3.05, 3.63) is 95.9 Å². The van der Waals surface area contributed by atoms with E-state index in [9.17, 15) is 34.5 Å². The highest BCUT2D eigenvalue weighted by Gasteiger charge is 2.75. The van der Waals surface area contributed by atoms with E-state index in [1.54, 1.807) is 75.6 Å². The lowest BCUT2D eigenvalue weighted by molar-refractivity contribution is -0.220. The molecule has 1 aromatic heterocycles. The van der Waals surface area contributed by atoms with E-state index in [-0.39, 0.29) is 31.9 Å². The van der Waals surface area contributed by atoms with Crippen molar-refractivity contribution in [3.63, 3.8) is 0 Å². The molecule has 0 spiro atoms. The van der Waals surface area contributed by atoms with Gasteiger partial charge in [-0.2, -0.15) is 0 Å². The highest BCUT2D eigenvalue weighted by atomic mass is 19.1. The van der Waals surface area contributed by atoms with Gasteiger partial charge in [-0.1, -0.05) is 68.0 Å². The van der Waals surface area contributed by atoms with Gasteiger partial charge in [-0.05, 0) is 85.6 Å². The number of esters is 2. The third-order valence-electron chi connectivity index (χ3n) is 14.7. The Hall–Kier alpha value is -4.82. The molecule has 0 saturated heterocycles. The molecule has 5 aliphatic rings. The molecule has 3 unspecified atom stereocenters. The number of ketones is 1. The number of rotatable bonds is 11. The first kappa shape index (κ1) is 40.9. The number of hydrogen-bond donors (Lipinski definition) is 5. The van der Waals surface area contributed by atoms with Gasteiger partial charge in [0.1, 0.15) is 12.2 Å². The molecule has 12 nitrogen and oxygen atoms in total. The van der Waals surface area contributed by atoms with Crippen LogP contribution in [0.4, 0.5) is 10.1 Å². The monoisotopic (exact) mass is 809 g/mol. The molecule has 312 valence electrons. The predicted octanol–water partition coefficient (Wildman–Crippen LogP) is 4.85. The van der Waals surface area contributed by atoms with Crippen LogP contribution in [0.1, 0.15) is 69.9 Å². The number of halogens is 1. The maximum Gasteiger partial charge on any atom is 0.310 e. The minimum Gasteiger partial charge on any atom is -0.461 e. The topological polar surface area (TPSA) is 198 Å². The van der Waals surface area contributed by atoms with E-state index in [1.807, 2.05) is 18.2 Å². The molecule has 13 heteroatoms. The van der Waals surface area contributed by atoms with Gasteiger partial charge in [0.2, 0.25) is 11.7 Å². The summed E-state index contributed by atoms with van der Waals surface area (Å²) in [6.07, 6.45) is 7.26. The zero-order valence-corrected chi connectivity index (χ0v) is 33.5. The number of aliphatic hydroxyl groups excluding tert-OH is 2. The molecule has 5 aliphatic carbocycles. The molecule has 3 aromatic rings. The van der Waals surface area contributed by atoms with E-state index in [0.29, 0.717) is 36.1 Å². The van der Waals surface area contributed by atoms with Crippen molar-refractivity contribution in [1.29, 1.82) is 0 Å². The van der Waals surface area contributed by atoms with Crippen molar-refractivity contribution in [3.8, 4) is 0 Å². The Bertz CT molecular complexity index is 2250. The molecule has 4 fully saturated rings. The number of alkyl halides is 1. The normalized spacial score (nSPS) is 36.0. The van der Waals surface area contributed by atoms with Crippen LogP contribution in [0.15, 0.2) is 84.7 Å². The summed E-state index contributed by atoms with van der Waals surface area (Å²) in [4.78, 5) is 57.1. The zero-order valence-electron chi connectivity index (χ0n) is 33.5. The minimum absolute atomic E-state index is 0.0615. The average molecular weight is 810 g/mol. The van der Waals surface area contributed by atoms with E-state index in [4.69, 9.17) is 15.2 Å². The van der Waals surface area contributed by atoms with Crippen LogP contribution in [-0.2, 0) is 35.3 Å². The number of Topliss-reactive ketones (excluding diaryl/α,β-unsaturated/α-hetero) is 1. The smallest absolute Gasteiger partial charge is 0.310 e. The van der Waals surface area contributed by atoms with Crippen molar-refractivity contribution < 1.29 is 48.4 Å². The number of nitrogens with zero attached hydrogens (tertiary/aromatic N) is 1. The largest absolute Gasteiger partial charge is 0.461 e. The number of anilines is 1. The molecule has 1 amide bonds. The molecule has 2 aromatic carbocycles. The van der Waals surface area contributed by atoms with Crippen molar-refractivity contribution in [2.75, 3.05) is 18.5 Å². The van der Waals surface area contributed by atoms with E-state index in [1.165, 1.54) is 6.08 Å². The van der Waals surface area contributed by atoms with E-state index >= 15 is 4.39 Å². The van der Waals surface area contributed by atoms with Gasteiger partial charge < -0.3 is 35.8 Å². The summed E-state index contributed by atoms with van der Waals surface area (Å²) in [5.74, 6) is -6.15. The second-order valence-electron chi connectivity index (χ2n) is 17.8. The van der Waals surface area contributed by atoms with Crippen LogP contribution >= 0.6 is 0 Å². The maximum atomic E-state index is 17.5. The van der Waals surface area contributed by atoms with Crippen LogP contribution in [0.2, 0.25) is 0 Å². The number of aliphatic hydroxyl groups is 3. The second kappa shape index (κ2) is 15.0. The van der Waals surface area contributed by atoms with Gasteiger partial charge >= 0.3 is 11.9 Å². The number of benzene rings is 2. The fourth-order valence-corrected chi connectivity index (χ4v) is 11.2. The number of fused-ring (bicyclic) bond motifs is 6. The number of ether oxygens (including phenoxy) is 2. The fourth-order valence-electron chi connectivity index (χ4n) is 11.2. The standard InChI is InChI=1S/C46H52FN3O9/c1-25-16-37-36-11-9-30-18-32(51)12-14-43(30,2)45(36,47)38(52)20-44(37,3)46(25,57)39(53)24-59-42(56)34-19-33(34)41(55)58-23-26-4-6-27(7-5-26)35(21-48)40(54)50-31-10-8-29-22-49-15-13-28(29)17-31/h4-8,10,12-15,17-18,22,25,32-38,51-52,57H,9,11,16,19-21,23-24,48H2,1-3H3,(H,50,54)/t25-,32?,33?,34?,35-,36+,37+,38+,43+,44+,45+,46+/m1/s1. The first-order chi connectivity index (χ1) is 28.0. The van der Waals surface area contributed by atoms with Gasteiger partial charge in [-0.25, -0.2) is 4.39 Å². The molecular formula is C46H52FN3O9. The van der Waals surface area contributed by atoms with Gasteiger partial charge in [0, 0.05) is 46.8 Å². The first-order valence-electron chi connectivity index (χ1n) is 20.5. The highest BCUT2D eigenvalue weighted by Crippen LogP contribution is 2.70. The molecule has 59 heavy (non-hydrogen) atoms. The Kier molecular flexibility index (Phi) is 10.4. The highest BCUT2D eigenvalue weighted by molar-refractivity contribution is 5.98. The van der Waals surface area contributed by atoms with Crippen LogP contribution < -0.4 is 11.1 Å². The number of carbonyl (C=O) groups is 4. The van der Waals surface area contributed by atoms with Gasteiger partial charge in [0.25, 0.3) is 0 Å². The summed E-state index contributed by atoms with van der Waals surface area (Å²) in [5, 5.41) is 38.9. The summed E-state index contributed by atoms with van der Waals surface area (Å²) in [6, 6.07) is 14.4.